The van der Waals surface area contributed by atoms with Gasteiger partial charge in [-0.2, -0.15) is 5.26 Å². The summed E-state index contributed by atoms with van der Waals surface area (Å²) in [5.74, 6) is 0.564. The predicted molar refractivity (Wildman–Crippen MR) is 106 cm³/mol. The van der Waals surface area contributed by atoms with E-state index < -0.39 is 5.25 Å². The molecule has 0 bridgehead atoms. The Labute approximate surface area is 162 Å². The molecule has 1 N–H and O–H groups in total. The molecule has 0 aliphatic heterocycles. The topological polar surface area (TPSA) is 83.6 Å². The molecule has 0 saturated carbocycles. The summed E-state index contributed by atoms with van der Waals surface area (Å²) in [5.41, 5.74) is 3.03. The van der Waals surface area contributed by atoms with Crippen LogP contribution in [0.4, 0.5) is 5.69 Å². The lowest BCUT2D eigenvalue weighted by atomic mass is 10.2. The lowest BCUT2D eigenvalue weighted by molar-refractivity contribution is -0.115. The molecule has 1 heterocycles. The maximum atomic E-state index is 12.6. The number of nitrogens with zero attached hydrogens (tertiary/aromatic N) is 4. The molecule has 7 heteroatoms. The lowest BCUT2D eigenvalue weighted by Crippen LogP contribution is -2.23. The van der Waals surface area contributed by atoms with E-state index in [9.17, 15) is 4.79 Å². The van der Waals surface area contributed by atoms with Crippen LogP contribution in [0.3, 0.4) is 0 Å². The Morgan fingerprint density at radius 3 is 2.59 bits per heavy atom. The van der Waals surface area contributed by atoms with Crippen molar-refractivity contribution in [1.82, 2.24) is 14.8 Å². The van der Waals surface area contributed by atoms with E-state index >= 15 is 0 Å². The minimum Gasteiger partial charge on any atom is -0.324 e. The van der Waals surface area contributed by atoms with Gasteiger partial charge in [-0.25, -0.2) is 0 Å². The van der Waals surface area contributed by atoms with Crippen molar-refractivity contribution in [2.75, 3.05) is 5.32 Å². The second kappa shape index (κ2) is 8.06. The highest BCUT2D eigenvalue weighted by molar-refractivity contribution is 8.00. The number of thioether (sulfide) groups is 1. The fourth-order valence-corrected chi connectivity index (χ4v) is 3.55. The monoisotopic (exact) mass is 377 g/mol. The van der Waals surface area contributed by atoms with Gasteiger partial charge in [-0.05, 0) is 44.5 Å². The van der Waals surface area contributed by atoms with Gasteiger partial charge >= 0.3 is 0 Å². The Bertz CT molecular complexity index is 1020. The van der Waals surface area contributed by atoms with Crippen LogP contribution in [0.25, 0.3) is 5.69 Å². The molecular weight excluding hydrogens is 358 g/mol. The van der Waals surface area contributed by atoms with E-state index in [2.05, 4.69) is 21.6 Å². The highest BCUT2D eigenvalue weighted by atomic mass is 32.2. The van der Waals surface area contributed by atoms with E-state index in [1.54, 1.807) is 31.2 Å². The van der Waals surface area contributed by atoms with Gasteiger partial charge in [0.05, 0.1) is 22.2 Å². The van der Waals surface area contributed by atoms with Crippen LogP contribution < -0.4 is 5.32 Å². The first-order valence-electron chi connectivity index (χ1n) is 8.46. The maximum Gasteiger partial charge on any atom is 0.237 e. The number of amides is 1. The number of nitrogens with one attached hydrogen (secondary N) is 1. The first kappa shape index (κ1) is 18.7. The second-order valence-corrected chi connectivity index (χ2v) is 7.37. The Balaban J connectivity index is 1.81. The first-order chi connectivity index (χ1) is 13.0. The molecule has 1 unspecified atom stereocenters. The Kier molecular flexibility index (Phi) is 5.57. The smallest absolute Gasteiger partial charge is 0.237 e. The number of aryl methyl sites for hydroxylation is 2. The zero-order valence-electron chi connectivity index (χ0n) is 15.3. The molecule has 136 valence electrons. The number of hydrogen-bond acceptors (Lipinski definition) is 5. The number of carbonyl (C=O) groups excluding carboxylic acids is 1. The molecule has 0 saturated heterocycles. The largest absolute Gasteiger partial charge is 0.324 e. The van der Waals surface area contributed by atoms with Crippen LogP contribution in [0.2, 0.25) is 0 Å². The highest BCUT2D eigenvalue weighted by Gasteiger charge is 2.21. The van der Waals surface area contributed by atoms with E-state index in [0.717, 1.165) is 17.1 Å². The van der Waals surface area contributed by atoms with Gasteiger partial charge in [0.15, 0.2) is 5.16 Å². The van der Waals surface area contributed by atoms with E-state index in [4.69, 9.17) is 5.26 Å². The van der Waals surface area contributed by atoms with Gasteiger partial charge in [-0.3, -0.25) is 9.36 Å². The minimum absolute atomic E-state index is 0.195. The third-order valence-electron chi connectivity index (χ3n) is 4.11. The Hall–Kier alpha value is -3.11. The maximum absolute atomic E-state index is 12.6. The number of benzene rings is 2. The van der Waals surface area contributed by atoms with Gasteiger partial charge in [0, 0.05) is 0 Å². The quantitative estimate of drug-likeness (QED) is 0.682. The molecule has 0 fully saturated rings. The molecule has 0 radical (unpaired) electrons. The zero-order valence-corrected chi connectivity index (χ0v) is 16.1. The molecule has 1 atom stereocenters. The number of hydrogen-bond donors (Lipinski definition) is 1. The number of aromatic nitrogens is 3. The summed E-state index contributed by atoms with van der Waals surface area (Å²) < 4.78 is 1.95. The molecule has 0 spiro atoms. The number of nitriles is 1. The van der Waals surface area contributed by atoms with E-state index in [0.29, 0.717) is 16.4 Å². The minimum atomic E-state index is -0.414. The van der Waals surface area contributed by atoms with Crippen molar-refractivity contribution in [3.8, 4) is 11.8 Å². The van der Waals surface area contributed by atoms with Crippen LogP contribution in [-0.2, 0) is 4.79 Å². The number of anilines is 1. The Morgan fingerprint density at radius 2 is 1.85 bits per heavy atom. The lowest BCUT2D eigenvalue weighted by Gasteiger charge is -2.15. The molecule has 27 heavy (non-hydrogen) atoms. The van der Waals surface area contributed by atoms with Crippen LogP contribution in [0, 0.1) is 25.2 Å². The summed E-state index contributed by atoms with van der Waals surface area (Å²) in [7, 11) is 0. The zero-order chi connectivity index (χ0) is 19.4. The summed E-state index contributed by atoms with van der Waals surface area (Å²) in [6, 6.07) is 17.0. The van der Waals surface area contributed by atoms with Gasteiger partial charge in [-0.15, -0.1) is 10.2 Å². The van der Waals surface area contributed by atoms with Crippen molar-refractivity contribution < 1.29 is 4.79 Å². The van der Waals surface area contributed by atoms with Crippen LogP contribution in [0.5, 0.6) is 0 Å². The SMILES string of the molecule is Cc1ccccc1-n1c(C)nnc1SC(C)C(=O)Nc1ccccc1C#N. The van der Waals surface area contributed by atoms with E-state index in [-0.39, 0.29) is 5.91 Å². The number of para-hydroxylation sites is 2. The third-order valence-corrected chi connectivity index (χ3v) is 5.15. The predicted octanol–water partition coefficient (Wildman–Crippen LogP) is 3.88. The van der Waals surface area contributed by atoms with Gasteiger partial charge in [0.1, 0.15) is 11.9 Å². The van der Waals surface area contributed by atoms with Crippen molar-refractivity contribution >= 4 is 23.4 Å². The normalized spacial score (nSPS) is 11.6. The van der Waals surface area contributed by atoms with Crippen molar-refractivity contribution in [3.63, 3.8) is 0 Å². The highest BCUT2D eigenvalue weighted by Crippen LogP contribution is 2.27. The fraction of sp³-hybridized carbons (Fsp3) is 0.200. The molecule has 2 aromatic carbocycles. The van der Waals surface area contributed by atoms with Crippen LogP contribution >= 0.6 is 11.8 Å². The molecule has 3 aromatic rings. The van der Waals surface area contributed by atoms with Gasteiger partial charge in [0.25, 0.3) is 0 Å². The second-order valence-electron chi connectivity index (χ2n) is 6.06. The van der Waals surface area contributed by atoms with Gasteiger partial charge < -0.3 is 5.32 Å². The number of carbonyl (C=O) groups is 1. The van der Waals surface area contributed by atoms with Crippen LogP contribution in [0.1, 0.15) is 23.9 Å². The van der Waals surface area contributed by atoms with E-state index in [1.165, 1.54) is 11.8 Å². The van der Waals surface area contributed by atoms with Crippen molar-refractivity contribution in [3.05, 3.63) is 65.5 Å². The molecule has 3 rings (SSSR count). The van der Waals surface area contributed by atoms with Crippen LogP contribution in [-0.4, -0.2) is 25.9 Å². The van der Waals surface area contributed by atoms with Crippen molar-refractivity contribution in [2.24, 2.45) is 0 Å². The standard InChI is InChI=1S/C20H19N5OS/c1-13-8-4-7-11-18(13)25-15(3)23-24-20(25)27-14(2)19(26)22-17-10-6-5-9-16(17)12-21/h4-11,14H,1-3H3,(H,22,26). The van der Waals surface area contributed by atoms with Crippen molar-refractivity contribution in [1.29, 1.82) is 5.26 Å². The average molecular weight is 377 g/mol. The molecule has 1 amide bonds. The summed E-state index contributed by atoms with van der Waals surface area (Å²) in [6.07, 6.45) is 0. The fourth-order valence-electron chi connectivity index (χ4n) is 2.65. The van der Waals surface area contributed by atoms with Crippen LogP contribution in [0.15, 0.2) is 53.7 Å². The summed E-state index contributed by atoms with van der Waals surface area (Å²) >= 11 is 1.33. The average Bonchev–Trinajstić information content (AvgIpc) is 3.02. The molecule has 6 nitrogen and oxygen atoms in total. The molecule has 0 aliphatic rings. The molecule has 1 aromatic heterocycles. The number of rotatable bonds is 5. The van der Waals surface area contributed by atoms with Crippen molar-refractivity contribution in [2.45, 2.75) is 31.2 Å². The summed E-state index contributed by atoms with van der Waals surface area (Å²) in [6.45, 7) is 5.72. The summed E-state index contributed by atoms with van der Waals surface area (Å²) in [5, 5.41) is 20.6. The third kappa shape index (κ3) is 4.01. The summed E-state index contributed by atoms with van der Waals surface area (Å²) in [4.78, 5) is 12.6. The molecular formula is C20H19N5OS. The van der Waals surface area contributed by atoms with E-state index in [1.807, 2.05) is 42.7 Å². The Morgan fingerprint density at radius 1 is 1.15 bits per heavy atom. The van der Waals surface area contributed by atoms with Gasteiger partial charge in [0.2, 0.25) is 5.91 Å². The van der Waals surface area contributed by atoms with Gasteiger partial charge in [-0.1, -0.05) is 42.1 Å². The first-order valence-corrected chi connectivity index (χ1v) is 9.34. The molecule has 0 aliphatic carbocycles.